The fourth-order valence-electron chi connectivity index (χ4n) is 2.70. The van der Waals surface area contributed by atoms with E-state index in [9.17, 15) is 23.8 Å². The molecule has 0 saturated heterocycles. The van der Waals surface area contributed by atoms with Crippen LogP contribution in [0.3, 0.4) is 0 Å². The number of fused-ring (bicyclic) bond motifs is 1. The molecule has 1 aliphatic rings. The van der Waals surface area contributed by atoms with Crippen LogP contribution in [0.2, 0.25) is 0 Å². The zero-order chi connectivity index (χ0) is 17.3. The van der Waals surface area contributed by atoms with Gasteiger partial charge in [-0.3, -0.25) is 14.8 Å². The first-order chi connectivity index (χ1) is 11.4. The van der Waals surface area contributed by atoms with Crippen molar-refractivity contribution in [2.75, 3.05) is 4.72 Å². The quantitative estimate of drug-likeness (QED) is 0.662. The van der Waals surface area contributed by atoms with E-state index in [1.54, 1.807) is 0 Å². The van der Waals surface area contributed by atoms with Gasteiger partial charge in [0.25, 0.3) is 15.7 Å². The van der Waals surface area contributed by atoms with Gasteiger partial charge in [0.2, 0.25) is 0 Å². The Morgan fingerprint density at radius 1 is 1.29 bits per heavy atom. The summed E-state index contributed by atoms with van der Waals surface area (Å²) in [5.74, 6) is 0. The Labute approximate surface area is 142 Å². The molecule has 3 rings (SSSR count). The van der Waals surface area contributed by atoms with Crippen LogP contribution in [0.25, 0.3) is 0 Å². The van der Waals surface area contributed by atoms with Crippen LogP contribution in [0, 0.1) is 21.4 Å². The summed E-state index contributed by atoms with van der Waals surface area (Å²) in [6.45, 7) is 0. The smallest absolute Gasteiger partial charge is 0.269 e. The molecule has 1 aromatic heterocycles. The van der Waals surface area contributed by atoms with E-state index in [1.165, 1.54) is 29.5 Å². The summed E-state index contributed by atoms with van der Waals surface area (Å²) in [5.41, 5.74) is 0.984. The number of thiophene rings is 1. The Bertz CT molecular complexity index is 958. The molecule has 0 unspecified atom stereocenters. The van der Waals surface area contributed by atoms with Gasteiger partial charge in [0.15, 0.2) is 0 Å². The fraction of sp³-hybridized carbons (Fsp3) is 0.267. The standard InChI is InChI=1S/C15H13N3O4S2/c16-9-13-12-6-1-2-7-14(12)23-15(13)17-24(21,22)11-5-3-4-10(8-11)18(19)20/h3-5,8,17H,1-2,6-7H2. The second kappa shape index (κ2) is 6.22. The van der Waals surface area contributed by atoms with Crippen LogP contribution in [0.1, 0.15) is 28.8 Å². The number of benzene rings is 1. The molecule has 2 aromatic rings. The lowest BCUT2D eigenvalue weighted by Crippen LogP contribution is -2.13. The number of hydrogen-bond donors (Lipinski definition) is 1. The predicted molar refractivity (Wildman–Crippen MR) is 89.6 cm³/mol. The van der Waals surface area contributed by atoms with Crippen LogP contribution in [-0.2, 0) is 22.9 Å². The molecule has 0 aliphatic heterocycles. The Hall–Kier alpha value is -2.44. The van der Waals surface area contributed by atoms with Gasteiger partial charge in [-0.25, -0.2) is 8.42 Å². The van der Waals surface area contributed by atoms with Crippen LogP contribution in [0.5, 0.6) is 0 Å². The van der Waals surface area contributed by atoms with Crippen molar-refractivity contribution in [2.45, 2.75) is 30.6 Å². The number of anilines is 1. The van der Waals surface area contributed by atoms with E-state index in [1.807, 2.05) is 0 Å². The third-order valence-electron chi connectivity index (χ3n) is 3.85. The van der Waals surface area contributed by atoms with Gasteiger partial charge < -0.3 is 0 Å². The van der Waals surface area contributed by atoms with Crippen molar-refractivity contribution in [1.82, 2.24) is 0 Å². The SMILES string of the molecule is N#Cc1c(NS(=O)(=O)c2cccc([N+](=O)[O-])c2)sc2c1CCCC2. The van der Waals surface area contributed by atoms with Gasteiger partial charge in [-0.1, -0.05) is 6.07 Å². The van der Waals surface area contributed by atoms with Gasteiger partial charge in [-0.2, -0.15) is 5.26 Å². The van der Waals surface area contributed by atoms with Crippen molar-refractivity contribution >= 4 is 32.0 Å². The van der Waals surface area contributed by atoms with Gasteiger partial charge in [0.05, 0.1) is 15.4 Å². The summed E-state index contributed by atoms with van der Waals surface area (Å²) in [7, 11) is -4.00. The summed E-state index contributed by atoms with van der Waals surface area (Å²) in [4.78, 5) is 11.0. The Kier molecular flexibility index (Phi) is 4.26. The maximum absolute atomic E-state index is 12.5. The van der Waals surface area contributed by atoms with Crippen LogP contribution >= 0.6 is 11.3 Å². The number of rotatable bonds is 4. The molecule has 0 radical (unpaired) electrons. The zero-order valence-corrected chi connectivity index (χ0v) is 14.1. The zero-order valence-electron chi connectivity index (χ0n) is 12.5. The number of hydrogen-bond acceptors (Lipinski definition) is 6. The molecule has 1 heterocycles. The predicted octanol–water partition coefficient (Wildman–Crippen LogP) is 3.21. The van der Waals surface area contributed by atoms with E-state index in [0.29, 0.717) is 5.56 Å². The summed E-state index contributed by atoms with van der Waals surface area (Å²) in [6.07, 6.45) is 3.62. The number of sulfonamides is 1. The van der Waals surface area contributed by atoms with Crippen molar-refractivity contribution in [3.63, 3.8) is 0 Å². The number of aryl methyl sites for hydroxylation is 1. The molecule has 0 saturated carbocycles. The van der Waals surface area contributed by atoms with Crippen LogP contribution in [0.4, 0.5) is 10.7 Å². The molecule has 0 fully saturated rings. The van der Waals surface area contributed by atoms with E-state index in [-0.39, 0.29) is 15.6 Å². The molecule has 0 bridgehead atoms. The molecule has 7 nitrogen and oxygen atoms in total. The first-order valence-corrected chi connectivity index (χ1v) is 9.54. The van der Waals surface area contributed by atoms with Crippen molar-refractivity contribution in [1.29, 1.82) is 5.26 Å². The minimum atomic E-state index is -4.00. The van der Waals surface area contributed by atoms with E-state index in [2.05, 4.69) is 10.8 Å². The molecule has 9 heteroatoms. The Morgan fingerprint density at radius 2 is 2.04 bits per heavy atom. The highest BCUT2D eigenvalue weighted by atomic mass is 32.2. The second-order valence-electron chi connectivity index (χ2n) is 5.39. The van der Waals surface area contributed by atoms with Gasteiger partial charge >= 0.3 is 0 Å². The minimum Gasteiger partial charge on any atom is -0.269 e. The number of nitro groups is 1. The summed E-state index contributed by atoms with van der Waals surface area (Å²) >= 11 is 1.27. The van der Waals surface area contributed by atoms with E-state index >= 15 is 0 Å². The molecule has 1 N–H and O–H groups in total. The topological polar surface area (TPSA) is 113 Å². The summed E-state index contributed by atoms with van der Waals surface area (Å²) in [5, 5.41) is 20.5. The van der Waals surface area contributed by atoms with Crippen molar-refractivity contribution in [2.24, 2.45) is 0 Å². The van der Waals surface area contributed by atoms with Crippen LogP contribution < -0.4 is 4.72 Å². The first-order valence-electron chi connectivity index (χ1n) is 7.24. The fourth-order valence-corrected chi connectivity index (χ4v) is 5.29. The maximum atomic E-state index is 12.5. The molecule has 0 spiro atoms. The summed E-state index contributed by atoms with van der Waals surface area (Å²) < 4.78 is 27.5. The van der Waals surface area contributed by atoms with Gasteiger partial charge in [0, 0.05) is 17.0 Å². The number of nitro benzene ring substituents is 1. The lowest BCUT2D eigenvalue weighted by molar-refractivity contribution is -0.385. The third-order valence-corrected chi connectivity index (χ3v) is 6.53. The molecule has 1 aliphatic carbocycles. The van der Waals surface area contributed by atoms with E-state index in [4.69, 9.17) is 0 Å². The van der Waals surface area contributed by atoms with Crippen molar-refractivity contribution < 1.29 is 13.3 Å². The highest BCUT2D eigenvalue weighted by Gasteiger charge is 2.25. The molecule has 0 amide bonds. The monoisotopic (exact) mass is 363 g/mol. The lowest BCUT2D eigenvalue weighted by atomic mass is 9.96. The van der Waals surface area contributed by atoms with Gasteiger partial charge in [0.1, 0.15) is 11.1 Å². The van der Waals surface area contributed by atoms with Crippen molar-refractivity contribution in [3.05, 3.63) is 50.4 Å². The second-order valence-corrected chi connectivity index (χ2v) is 8.17. The van der Waals surface area contributed by atoms with Crippen molar-refractivity contribution in [3.8, 4) is 6.07 Å². The molecular formula is C15H13N3O4S2. The minimum absolute atomic E-state index is 0.202. The molecule has 1 aromatic carbocycles. The Morgan fingerprint density at radius 3 is 2.75 bits per heavy atom. The summed E-state index contributed by atoms with van der Waals surface area (Å²) in [6, 6.07) is 6.91. The van der Waals surface area contributed by atoms with E-state index in [0.717, 1.165) is 42.2 Å². The average Bonchev–Trinajstić information content (AvgIpc) is 2.91. The van der Waals surface area contributed by atoms with Crippen LogP contribution in [0.15, 0.2) is 29.2 Å². The third kappa shape index (κ3) is 2.98. The van der Waals surface area contributed by atoms with Gasteiger partial charge in [-0.05, 0) is 37.3 Å². The van der Waals surface area contributed by atoms with Gasteiger partial charge in [-0.15, -0.1) is 11.3 Å². The number of non-ortho nitro benzene ring substituents is 1. The Balaban J connectivity index is 1.99. The number of nitriles is 1. The lowest BCUT2D eigenvalue weighted by Gasteiger charge is -2.09. The van der Waals surface area contributed by atoms with E-state index < -0.39 is 14.9 Å². The highest BCUT2D eigenvalue weighted by molar-refractivity contribution is 7.93. The molecular weight excluding hydrogens is 350 g/mol. The number of nitrogens with zero attached hydrogens (tertiary/aromatic N) is 2. The maximum Gasteiger partial charge on any atom is 0.270 e. The largest absolute Gasteiger partial charge is 0.270 e. The average molecular weight is 363 g/mol. The molecule has 124 valence electrons. The molecule has 24 heavy (non-hydrogen) atoms. The molecule has 0 atom stereocenters. The highest BCUT2D eigenvalue weighted by Crippen LogP contribution is 2.38. The first kappa shape index (κ1) is 16.4. The van der Waals surface area contributed by atoms with Crippen LogP contribution in [-0.4, -0.2) is 13.3 Å². The number of nitrogens with one attached hydrogen (secondary N) is 1. The normalized spacial score (nSPS) is 13.8.